The average molecular weight is 408 g/mol. The number of aryl methyl sites for hydroxylation is 2. The molecule has 0 spiro atoms. The van der Waals surface area contributed by atoms with Crippen LogP contribution in [0.2, 0.25) is 0 Å². The van der Waals surface area contributed by atoms with Crippen LogP contribution in [-0.4, -0.2) is 34.2 Å². The molecule has 1 saturated heterocycles. The summed E-state index contributed by atoms with van der Waals surface area (Å²) in [5.74, 6) is 0.563. The van der Waals surface area contributed by atoms with Crippen LogP contribution in [0.4, 0.5) is 14.9 Å². The molecule has 2 aromatic carbocycles. The highest BCUT2D eigenvalue weighted by molar-refractivity contribution is 5.89. The number of anilines is 1. The van der Waals surface area contributed by atoms with Crippen molar-refractivity contribution in [2.75, 3.05) is 18.4 Å². The molecule has 2 amide bonds. The summed E-state index contributed by atoms with van der Waals surface area (Å²) in [5.41, 5.74) is 3.47. The Morgan fingerprint density at radius 2 is 2.07 bits per heavy atom. The minimum absolute atomic E-state index is 0.0967. The Hall–Kier alpha value is -3.22. The van der Waals surface area contributed by atoms with Gasteiger partial charge in [-0.15, -0.1) is 0 Å². The molecule has 1 N–H and O–H groups in total. The Morgan fingerprint density at radius 3 is 2.87 bits per heavy atom. The van der Waals surface area contributed by atoms with Crippen molar-refractivity contribution in [1.82, 2.24) is 15.0 Å². The van der Waals surface area contributed by atoms with Gasteiger partial charge in [0.1, 0.15) is 5.82 Å². The Balaban J connectivity index is 1.38. The number of urea groups is 1. The molecule has 4 rings (SSSR count). The second-order valence-electron chi connectivity index (χ2n) is 7.88. The maximum atomic E-state index is 13.9. The van der Waals surface area contributed by atoms with Crippen LogP contribution in [0.3, 0.4) is 0 Å². The van der Waals surface area contributed by atoms with Gasteiger partial charge in [-0.05, 0) is 68.0 Å². The molecule has 0 bridgehead atoms. The monoisotopic (exact) mass is 408 g/mol. The van der Waals surface area contributed by atoms with E-state index in [-0.39, 0.29) is 23.6 Å². The third-order valence-corrected chi connectivity index (χ3v) is 5.61. The fourth-order valence-corrected chi connectivity index (χ4v) is 3.77. The molecule has 1 aliphatic rings. The zero-order valence-electron chi connectivity index (χ0n) is 17.2. The molecule has 2 heterocycles. The lowest BCUT2D eigenvalue weighted by molar-refractivity contribution is 0.173. The lowest BCUT2D eigenvalue weighted by Crippen LogP contribution is -2.42. The van der Waals surface area contributed by atoms with Crippen molar-refractivity contribution in [2.24, 2.45) is 5.92 Å². The molecule has 0 radical (unpaired) electrons. The van der Waals surface area contributed by atoms with Gasteiger partial charge in [0.05, 0.1) is 5.56 Å². The van der Waals surface area contributed by atoms with Gasteiger partial charge in [-0.25, -0.2) is 9.18 Å². The first-order valence-electron chi connectivity index (χ1n) is 10.2. The number of aromatic nitrogens is 2. The molecule has 30 heavy (non-hydrogen) atoms. The van der Waals surface area contributed by atoms with E-state index in [1.165, 1.54) is 11.6 Å². The number of hydrogen-bond donors (Lipinski definition) is 1. The van der Waals surface area contributed by atoms with Crippen LogP contribution >= 0.6 is 0 Å². The fourth-order valence-electron chi connectivity index (χ4n) is 3.77. The number of nitrogens with zero attached hydrogens (tertiary/aromatic N) is 3. The van der Waals surface area contributed by atoms with Gasteiger partial charge in [-0.1, -0.05) is 23.4 Å². The molecule has 3 aromatic rings. The highest BCUT2D eigenvalue weighted by Gasteiger charge is 2.26. The number of nitrogens with one attached hydrogen (secondary N) is 1. The van der Waals surface area contributed by atoms with Crippen LogP contribution < -0.4 is 5.32 Å². The number of halogens is 1. The zero-order valence-corrected chi connectivity index (χ0v) is 17.2. The minimum Gasteiger partial charge on any atom is -0.339 e. The van der Waals surface area contributed by atoms with Gasteiger partial charge in [0.25, 0.3) is 0 Å². The third-order valence-electron chi connectivity index (χ3n) is 5.61. The number of carbonyl (C=O) groups is 1. The molecule has 1 unspecified atom stereocenters. The van der Waals surface area contributed by atoms with Gasteiger partial charge in [0.15, 0.2) is 0 Å². The molecule has 1 fully saturated rings. The molecule has 1 aromatic heterocycles. The molecule has 0 aliphatic carbocycles. The second kappa shape index (κ2) is 8.65. The van der Waals surface area contributed by atoms with Gasteiger partial charge in [-0.3, -0.25) is 0 Å². The van der Waals surface area contributed by atoms with Crippen LogP contribution in [0.5, 0.6) is 0 Å². The van der Waals surface area contributed by atoms with Crippen molar-refractivity contribution < 1.29 is 13.7 Å². The Labute approximate surface area is 175 Å². The first kappa shape index (κ1) is 20.1. The summed E-state index contributed by atoms with van der Waals surface area (Å²) in [5, 5.41) is 6.91. The second-order valence-corrected chi connectivity index (χ2v) is 7.88. The van der Waals surface area contributed by atoms with E-state index in [1.54, 1.807) is 18.2 Å². The summed E-state index contributed by atoms with van der Waals surface area (Å²) in [7, 11) is 0. The van der Waals surface area contributed by atoms with Crippen LogP contribution in [0.25, 0.3) is 11.4 Å². The zero-order chi connectivity index (χ0) is 21.1. The van der Waals surface area contributed by atoms with Crippen molar-refractivity contribution in [3.63, 3.8) is 0 Å². The first-order chi connectivity index (χ1) is 14.5. The van der Waals surface area contributed by atoms with E-state index in [0.29, 0.717) is 24.4 Å². The SMILES string of the molecule is Cc1ccc(NC(=O)N2CCCC(Cc3nc(-c4ccccc4F)no3)C2)cc1C. The summed E-state index contributed by atoms with van der Waals surface area (Å²) in [6.07, 6.45) is 2.46. The maximum Gasteiger partial charge on any atom is 0.321 e. The molecular weight excluding hydrogens is 383 g/mol. The number of likely N-dealkylation sites (tertiary alicyclic amines) is 1. The molecule has 6 nitrogen and oxygen atoms in total. The van der Waals surface area contributed by atoms with E-state index >= 15 is 0 Å². The van der Waals surface area contributed by atoms with Gasteiger partial charge < -0.3 is 14.7 Å². The van der Waals surface area contributed by atoms with Crippen molar-refractivity contribution in [2.45, 2.75) is 33.1 Å². The summed E-state index contributed by atoms with van der Waals surface area (Å²) in [6, 6.07) is 12.2. The number of piperidine rings is 1. The molecule has 1 atom stereocenters. The summed E-state index contributed by atoms with van der Waals surface area (Å²) in [6.45, 7) is 5.42. The van der Waals surface area contributed by atoms with Crippen molar-refractivity contribution in [1.29, 1.82) is 0 Å². The Bertz CT molecular complexity index is 1050. The highest BCUT2D eigenvalue weighted by atomic mass is 19.1. The highest BCUT2D eigenvalue weighted by Crippen LogP contribution is 2.24. The lowest BCUT2D eigenvalue weighted by atomic mass is 9.95. The topological polar surface area (TPSA) is 71.3 Å². The summed E-state index contributed by atoms with van der Waals surface area (Å²) >= 11 is 0. The first-order valence-corrected chi connectivity index (χ1v) is 10.2. The minimum atomic E-state index is -0.378. The standard InChI is InChI=1S/C23H25FN4O2/c1-15-9-10-18(12-16(15)2)25-23(29)28-11-5-6-17(14-28)13-21-26-22(27-30-21)19-7-3-4-8-20(19)24/h3-4,7-10,12,17H,5-6,11,13-14H2,1-2H3,(H,25,29). The van der Waals surface area contributed by atoms with Crippen LogP contribution in [0, 0.1) is 25.6 Å². The molecule has 7 heteroatoms. The summed E-state index contributed by atoms with van der Waals surface area (Å²) in [4.78, 5) is 18.9. The number of benzene rings is 2. The molecular formula is C23H25FN4O2. The predicted octanol–water partition coefficient (Wildman–Crippen LogP) is 4.98. The number of hydrogen-bond acceptors (Lipinski definition) is 4. The van der Waals surface area contributed by atoms with Gasteiger partial charge >= 0.3 is 6.03 Å². The van der Waals surface area contributed by atoms with Gasteiger partial charge in [0.2, 0.25) is 11.7 Å². The van der Waals surface area contributed by atoms with E-state index in [2.05, 4.69) is 15.5 Å². The third kappa shape index (κ3) is 4.50. The van der Waals surface area contributed by atoms with E-state index in [9.17, 15) is 9.18 Å². The van der Waals surface area contributed by atoms with E-state index < -0.39 is 0 Å². The largest absolute Gasteiger partial charge is 0.339 e. The molecule has 156 valence electrons. The Kier molecular flexibility index (Phi) is 5.79. The van der Waals surface area contributed by atoms with Gasteiger partial charge in [0, 0.05) is 25.2 Å². The molecule has 0 saturated carbocycles. The van der Waals surface area contributed by atoms with E-state index in [0.717, 1.165) is 30.6 Å². The van der Waals surface area contributed by atoms with Crippen molar-refractivity contribution >= 4 is 11.7 Å². The molecule has 1 aliphatic heterocycles. The number of carbonyl (C=O) groups excluding carboxylic acids is 1. The van der Waals surface area contributed by atoms with Crippen LogP contribution in [-0.2, 0) is 6.42 Å². The fraction of sp³-hybridized carbons (Fsp3) is 0.348. The normalized spacial score (nSPS) is 16.5. The van der Waals surface area contributed by atoms with Crippen molar-refractivity contribution in [3.8, 4) is 11.4 Å². The van der Waals surface area contributed by atoms with Crippen molar-refractivity contribution in [3.05, 3.63) is 65.3 Å². The summed E-state index contributed by atoms with van der Waals surface area (Å²) < 4.78 is 19.3. The van der Waals surface area contributed by atoms with E-state index in [4.69, 9.17) is 4.52 Å². The Morgan fingerprint density at radius 1 is 1.23 bits per heavy atom. The maximum absolute atomic E-state index is 13.9. The average Bonchev–Trinajstić information content (AvgIpc) is 3.19. The van der Waals surface area contributed by atoms with Crippen LogP contribution in [0.15, 0.2) is 47.0 Å². The predicted molar refractivity (Wildman–Crippen MR) is 113 cm³/mol. The number of amides is 2. The smallest absolute Gasteiger partial charge is 0.321 e. The quantitative estimate of drug-likeness (QED) is 0.661. The number of rotatable bonds is 4. The van der Waals surface area contributed by atoms with Gasteiger partial charge in [-0.2, -0.15) is 4.98 Å². The van der Waals surface area contributed by atoms with Crippen LogP contribution in [0.1, 0.15) is 29.9 Å². The van der Waals surface area contributed by atoms with E-state index in [1.807, 2.05) is 36.9 Å². The lowest BCUT2D eigenvalue weighted by Gasteiger charge is -2.32.